The molecule has 0 bridgehead atoms. The third-order valence-corrected chi connectivity index (χ3v) is 6.62. The van der Waals surface area contributed by atoms with Crippen molar-refractivity contribution in [2.24, 2.45) is 0 Å². The molecule has 0 radical (unpaired) electrons. The first-order valence-corrected chi connectivity index (χ1v) is 12.0. The number of aromatic nitrogens is 2. The van der Waals surface area contributed by atoms with Crippen LogP contribution in [-0.4, -0.2) is 59.6 Å². The zero-order valence-corrected chi connectivity index (χ0v) is 20.1. The van der Waals surface area contributed by atoms with Gasteiger partial charge >= 0.3 is 6.03 Å². The fourth-order valence-electron chi connectivity index (χ4n) is 3.47. The van der Waals surface area contributed by atoms with Crippen LogP contribution in [0.15, 0.2) is 42.5 Å². The Kier molecular flexibility index (Phi) is 7.97. The van der Waals surface area contributed by atoms with Gasteiger partial charge < -0.3 is 15.5 Å². The van der Waals surface area contributed by atoms with Crippen LogP contribution >= 0.6 is 34.7 Å². The van der Waals surface area contributed by atoms with E-state index >= 15 is 0 Å². The molecule has 0 saturated carbocycles. The second kappa shape index (κ2) is 11.1. The number of nitrogens with one attached hydrogen (secondary N) is 2. The standard InChI is InChI=1S/C22H23Cl2FN6OS/c23-16-3-1-15(2-4-16)13-20-28-22(33-29-20)31-11-9-30(10-12-31)8-7-26-21(32)27-17-5-6-19(25)18(24)14-17/h1-6,14H,7-13H2,(H2,26,27,32). The average molecular weight is 509 g/mol. The molecular weight excluding hydrogens is 486 g/mol. The maximum Gasteiger partial charge on any atom is 0.319 e. The lowest BCUT2D eigenvalue weighted by Crippen LogP contribution is -2.48. The average Bonchev–Trinajstić information content (AvgIpc) is 3.27. The van der Waals surface area contributed by atoms with Gasteiger partial charge in [0.2, 0.25) is 5.13 Å². The number of hydrogen-bond acceptors (Lipinski definition) is 6. The van der Waals surface area contributed by atoms with Crippen LogP contribution in [0.1, 0.15) is 11.4 Å². The van der Waals surface area contributed by atoms with E-state index in [-0.39, 0.29) is 11.1 Å². The number of carbonyl (C=O) groups is 1. The number of amides is 2. The summed E-state index contributed by atoms with van der Waals surface area (Å²) in [7, 11) is 0. The van der Waals surface area contributed by atoms with Gasteiger partial charge in [-0.05, 0) is 35.9 Å². The first-order valence-electron chi connectivity index (χ1n) is 10.5. The van der Waals surface area contributed by atoms with Crippen LogP contribution in [0.3, 0.4) is 0 Å². The van der Waals surface area contributed by atoms with Crippen LogP contribution < -0.4 is 15.5 Å². The third-order valence-electron chi connectivity index (χ3n) is 5.27. The highest BCUT2D eigenvalue weighted by Gasteiger charge is 2.20. The van der Waals surface area contributed by atoms with Gasteiger partial charge in [0.05, 0.1) is 5.02 Å². The van der Waals surface area contributed by atoms with Crippen molar-refractivity contribution in [2.45, 2.75) is 6.42 Å². The summed E-state index contributed by atoms with van der Waals surface area (Å²) in [4.78, 5) is 21.3. The topological polar surface area (TPSA) is 73.4 Å². The number of benzene rings is 2. The fourth-order valence-corrected chi connectivity index (χ4v) is 4.51. The maximum absolute atomic E-state index is 13.2. The van der Waals surface area contributed by atoms with E-state index in [2.05, 4.69) is 24.8 Å². The molecule has 4 rings (SSSR count). The highest BCUT2D eigenvalue weighted by Crippen LogP contribution is 2.21. The van der Waals surface area contributed by atoms with Crippen LogP contribution in [0, 0.1) is 5.82 Å². The predicted molar refractivity (Wildman–Crippen MR) is 131 cm³/mol. The number of halogens is 3. The minimum Gasteiger partial charge on any atom is -0.344 e. The second-order valence-electron chi connectivity index (χ2n) is 7.63. The zero-order chi connectivity index (χ0) is 23.2. The number of anilines is 2. The lowest BCUT2D eigenvalue weighted by Gasteiger charge is -2.34. The zero-order valence-electron chi connectivity index (χ0n) is 17.7. The summed E-state index contributed by atoms with van der Waals surface area (Å²) >= 11 is 13.1. The van der Waals surface area contributed by atoms with Crippen molar-refractivity contribution in [1.29, 1.82) is 0 Å². The molecule has 1 aliphatic rings. The van der Waals surface area contributed by atoms with Crippen LogP contribution in [0.25, 0.3) is 0 Å². The number of urea groups is 1. The van der Waals surface area contributed by atoms with Crippen molar-refractivity contribution < 1.29 is 9.18 Å². The summed E-state index contributed by atoms with van der Waals surface area (Å²) in [6.07, 6.45) is 0.686. The van der Waals surface area contributed by atoms with E-state index in [1.807, 2.05) is 24.3 Å². The van der Waals surface area contributed by atoms with Gasteiger partial charge in [-0.1, -0.05) is 35.3 Å². The molecule has 2 heterocycles. The molecule has 3 aromatic rings. The molecule has 1 fully saturated rings. The summed E-state index contributed by atoms with van der Waals surface area (Å²) in [5.74, 6) is 0.297. The smallest absolute Gasteiger partial charge is 0.319 e. The maximum atomic E-state index is 13.2. The van der Waals surface area contributed by atoms with E-state index in [0.29, 0.717) is 18.7 Å². The van der Waals surface area contributed by atoms with E-state index < -0.39 is 5.82 Å². The highest BCUT2D eigenvalue weighted by molar-refractivity contribution is 7.09. The summed E-state index contributed by atoms with van der Waals surface area (Å²) in [6, 6.07) is 11.4. The lowest BCUT2D eigenvalue weighted by molar-refractivity contribution is 0.240. The largest absolute Gasteiger partial charge is 0.344 e. The molecule has 1 aromatic heterocycles. The Labute approximate surface area is 205 Å². The molecule has 1 aliphatic heterocycles. The van der Waals surface area contributed by atoms with Gasteiger partial charge in [0.15, 0.2) is 0 Å². The van der Waals surface area contributed by atoms with Gasteiger partial charge in [0.1, 0.15) is 11.6 Å². The first kappa shape index (κ1) is 23.7. The lowest BCUT2D eigenvalue weighted by atomic mass is 10.1. The van der Waals surface area contributed by atoms with E-state index in [0.717, 1.165) is 54.3 Å². The minimum absolute atomic E-state index is 0.0294. The van der Waals surface area contributed by atoms with Crippen LogP contribution in [0.5, 0.6) is 0 Å². The third kappa shape index (κ3) is 6.77. The van der Waals surface area contributed by atoms with Gasteiger partial charge in [-0.3, -0.25) is 4.90 Å². The normalized spacial score (nSPS) is 14.3. The van der Waals surface area contributed by atoms with E-state index in [4.69, 9.17) is 28.2 Å². The molecular formula is C22H23Cl2FN6OS. The summed E-state index contributed by atoms with van der Waals surface area (Å²) in [6.45, 7) is 4.71. The van der Waals surface area contributed by atoms with Gasteiger partial charge in [0.25, 0.3) is 0 Å². The van der Waals surface area contributed by atoms with Crippen molar-refractivity contribution in [3.8, 4) is 0 Å². The van der Waals surface area contributed by atoms with Gasteiger partial charge in [0, 0.05) is 67.9 Å². The molecule has 0 atom stereocenters. The van der Waals surface area contributed by atoms with Crippen LogP contribution in [0.2, 0.25) is 10.0 Å². The van der Waals surface area contributed by atoms with Gasteiger partial charge in [-0.15, -0.1) is 0 Å². The van der Waals surface area contributed by atoms with Crippen LogP contribution in [0.4, 0.5) is 20.0 Å². The summed E-state index contributed by atoms with van der Waals surface area (Å²) < 4.78 is 17.7. The van der Waals surface area contributed by atoms with Crippen molar-refractivity contribution in [3.63, 3.8) is 0 Å². The van der Waals surface area contributed by atoms with Crippen molar-refractivity contribution in [1.82, 2.24) is 19.6 Å². The van der Waals surface area contributed by atoms with Crippen molar-refractivity contribution in [2.75, 3.05) is 49.5 Å². The number of carbonyl (C=O) groups excluding carboxylic acids is 1. The van der Waals surface area contributed by atoms with Gasteiger partial charge in [-0.2, -0.15) is 4.37 Å². The fraction of sp³-hybridized carbons (Fsp3) is 0.318. The van der Waals surface area contributed by atoms with E-state index in [1.54, 1.807) is 0 Å². The van der Waals surface area contributed by atoms with Crippen molar-refractivity contribution in [3.05, 3.63) is 69.7 Å². The number of rotatable bonds is 7. The summed E-state index contributed by atoms with van der Waals surface area (Å²) in [5, 5.41) is 7.09. The Balaban J connectivity index is 1.17. The molecule has 174 valence electrons. The van der Waals surface area contributed by atoms with E-state index in [1.165, 1.54) is 29.7 Å². The molecule has 33 heavy (non-hydrogen) atoms. The second-order valence-corrected chi connectivity index (χ2v) is 9.21. The molecule has 11 heteroatoms. The molecule has 0 unspecified atom stereocenters. The predicted octanol–water partition coefficient (Wildman–Crippen LogP) is 4.52. The quantitative estimate of drug-likeness (QED) is 0.490. The summed E-state index contributed by atoms with van der Waals surface area (Å²) in [5.41, 5.74) is 1.58. The van der Waals surface area contributed by atoms with Gasteiger partial charge in [-0.25, -0.2) is 14.2 Å². The Morgan fingerprint density at radius 3 is 2.58 bits per heavy atom. The first-order chi connectivity index (χ1) is 16.0. The Morgan fingerprint density at radius 1 is 1.09 bits per heavy atom. The molecule has 0 spiro atoms. The molecule has 7 nitrogen and oxygen atoms in total. The highest BCUT2D eigenvalue weighted by atomic mass is 35.5. The number of hydrogen-bond donors (Lipinski definition) is 2. The minimum atomic E-state index is -0.520. The molecule has 0 aliphatic carbocycles. The Morgan fingerprint density at radius 2 is 1.85 bits per heavy atom. The monoisotopic (exact) mass is 508 g/mol. The molecule has 1 saturated heterocycles. The number of piperazine rings is 1. The number of nitrogens with zero attached hydrogens (tertiary/aromatic N) is 4. The Hall–Kier alpha value is -2.46. The van der Waals surface area contributed by atoms with E-state index in [9.17, 15) is 9.18 Å². The van der Waals surface area contributed by atoms with Crippen molar-refractivity contribution >= 4 is 51.6 Å². The molecule has 2 N–H and O–H groups in total. The molecule has 2 aromatic carbocycles. The molecule has 2 amide bonds. The van der Waals surface area contributed by atoms with Crippen LogP contribution in [-0.2, 0) is 6.42 Å². The Bertz CT molecular complexity index is 1090. The SMILES string of the molecule is O=C(NCCN1CCN(c2nc(Cc3ccc(Cl)cc3)ns2)CC1)Nc1ccc(F)c(Cl)c1.